The van der Waals surface area contributed by atoms with Gasteiger partial charge in [0.05, 0.1) is 17.3 Å². The van der Waals surface area contributed by atoms with Crippen molar-refractivity contribution in [2.24, 2.45) is 0 Å². The molecule has 0 N–H and O–H groups in total. The van der Waals surface area contributed by atoms with Gasteiger partial charge in [0.2, 0.25) is 0 Å². The Hall–Kier alpha value is -2.86. The highest BCUT2D eigenvalue weighted by molar-refractivity contribution is 5.62. The standard InChI is InChI=1S/C17H12N2O/c18-11-14-7-4-8-15(9-14)17-16(19-12-20-17)10-13-5-2-1-3-6-13/h1-9,12H,10H2. The molecule has 3 nitrogen and oxygen atoms in total. The molecule has 0 spiro atoms. The summed E-state index contributed by atoms with van der Waals surface area (Å²) in [4.78, 5) is 4.29. The van der Waals surface area contributed by atoms with Crippen LogP contribution >= 0.6 is 0 Å². The molecule has 0 aliphatic carbocycles. The third kappa shape index (κ3) is 2.45. The van der Waals surface area contributed by atoms with Crippen molar-refractivity contribution in [2.45, 2.75) is 6.42 Å². The molecule has 3 rings (SSSR count). The number of rotatable bonds is 3. The predicted molar refractivity (Wildman–Crippen MR) is 75.9 cm³/mol. The van der Waals surface area contributed by atoms with Crippen LogP contribution in [0.4, 0.5) is 0 Å². The van der Waals surface area contributed by atoms with Crippen molar-refractivity contribution in [1.82, 2.24) is 4.98 Å². The fourth-order valence-electron chi connectivity index (χ4n) is 2.15. The molecule has 1 heterocycles. The molecule has 0 aliphatic rings. The van der Waals surface area contributed by atoms with Gasteiger partial charge < -0.3 is 4.42 Å². The number of nitriles is 1. The van der Waals surface area contributed by atoms with Crippen LogP contribution in [0.15, 0.2) is 65.4 Å². The second kappa shape index (κ2) is 5.41. The summed E-state index contributed by atoms with van der Waals surface area (Å²) < 4.78 is 5.50. The normalized spacial score (nSPS) is 10.2. The zero-order chi connectivity index (χ0) is 13.8. The molecule has 0 amide bonds. The Balaban J connectivity index is 1.96. The van der Waals surface area contributed by atoms with Crippen LogP contribution in [0.2, 0.25) is 0 Å². The lowest BCUT2D eigenvalue weighted by Gasteiger charge is -2.02. The van der Waals surface area contributed by atoms with Crippen LogP contribution in [0.1, 0.15) is 16.8 Å². The van der Waals surface area contributed by atoms with E-state index in [2.05, 4.69) is 23.2 Å². The van der Waals surface area contributed by atoms with Gasteiger partial charge >= 0.3 is 0 Å². The lowest BCUT2D eigenvalue weighted by molar-refractivity contribution is 0.571. The number of oxazole rings is 1. The maximum atomic E-state index is 8.97. The van der Waals surface area contributed by atoms with Crippen molar-refractivity contribution in [3.8, 4) is 17.4 Å². The SMILES string of the molecule is N#Cc1cccc(-c2ocnc2Cc2ccccc2)c1. The number of hydrogen-bond acceptors (Lipinski definition) is 3. The first kappa shape index (κ1) is 12.2. The first-order valence-corrected chi connectivity index (χ1v) is 6.33. The molecule has 1 aromatic heterocycles. The number of hydrogen-bond donors (Lipinski definition) is 0. The van der Waals surface area contributed by atoms with Crippen LogP contribution in [0.3, 0.4) is 0 Å². The highest BCUT2D eigenvalue weighted by atomic mass is 16.3. The maximum absolute atomic E-state index is 8.97. The molecule has 0 unspecified atom stereocenters. The van der Waals surface area contributed by atoms with Crippen molar-refractivity contribution in [1.29, 1.82) is 5.26 Å². The van der Waals surface area contributed by atoms with Gasteiger partial charge in [-0.1, -0.05) is 42.5 Å². The van der Waals surface area contributed by atoms with Crippen molar-refractivity contribution < 1.29 is 4.42 Å². The summed E-state index contributed by atoms with van der Waals surface area (Å²) >= 11 is 0. The number of nitrogens with zero attached hydrogens (tertiary/aromatic N) is 2. The molecule has 0 fully saturated rings. The lowest BCUT2D eigenvalue weighted by Crippen LogP contribution is -1.91. The Morgan fingerprint density at radius 3 is 2.70 bits per heavy atom. The lowest BCUT2D eigenvalue weighted by atomic mass is 10.0. The van der Waals surface area contributed by atoms with Gasteiger partial charge in [-0.3, -0.25) is 0 Å². The molecule has 0 bridgehead atoms. The van der Waals surface area contributed by atoms with E-state index in [0.717, 1.165) is 17.0 Å². The van der Waals surface area contributed by atoms with E-state index in [0.29, 0.717) is 12.0 Å². The van der Waals surface area contributed by atoms with Crippen molar-refractivity contribution in [2.75, 3.05) is 0 Å². The minimum atomic E-state index is 0.615. The first-order chi connectivity index (χ1) is 9.86. The Bertz CT molecular complexity index is 754. The quantitative estimate of drug-likeness (QED) is 0.719. The molecule has 0 radical (unpaired) electrons. The Morgan fingerprint density at radius 2 is 1.90 bits per heavy atom. The van der Waals surface area contributed by atoms with Gasteiger partial charge in [-0.25, -0.2) is 4.98 Å². The average Bonchev–Trinajstić information content (AvgIpc) is 2.96. The zero-order valence-corrected chi connectivity index (χ0v) is 10.8. The molecular weight excluding hydrogens is 248 g/mol. The van der Waals surface area contributed by atoms with E-state index in [1.165, 1.54) is 12.0 Å². The molecule has 96 valence electrons. The van der Waals surface area contributed by atoms with Crippen LogP contribution < -0.4 is 0 Å². The van der Waals surface area contributed by atoms with Crippen LogP contribution in [0.25, 0.3) is 11.3 Å². The van der Waals surface area contributed by atoms with E-state index in [1.54, 1.807) is 6.07 Å². The number of benzene rings is 2. The Morgan fingerprint density at radius 1 is 1.05 bits per heavy atom. The Kier molecular flexibility index (Phi) is 3.30. The maximum Gasteiger partial charge on any atom is 0.181 e. The van der Waals surface area contributed by atoms with E-state index in [4.69, 9.17) is 9.68 Å². The largest absolute Gasteiger partial charge is 0.443 e. The topological polar surface area (TPSA) is 49.8 Å². The van der Waals surface area contributed by atoms with E-state index in [1.807, 2.05) is 36.4 Å². The molecule has 2 aromatic carbocycles. The summed E-state index contributed by atoms with van der Waals surface area (Å²) in [6, 6.07) is 19.6. The summed E-state index contributed by atoms with van der Waals surface area (Å²) in [5.74, 6) is 0.728. The summed E-state index contributed by atoms with van der Waals surface area (Å²) in [5.41, 5.74) is 3.56. The van der Waals surface area contributed by atoms with Crippen molar-refractivity contribution >= 4 is 0 Å². The van der Waals surface area contributed by atoms with Gasteiger partial charge in [0.1, 0.15) is 0 Å². The minimum absolute atomic E-state index is 0.615. The molecule has 20 heavy (non-hydrogen) atoms. The van der Waals surface area contributed by atoms with Crippen molar-refractivity contribution in [3.05, 3.63) is 77.8 Å². The second-order valence-corrected chi connectivity index (χ2v) is 4.48. The van der Waals surface area contributed by atoms with E-state index in [-0.39, 0.29) is 0 Å². The summed E-state index contributed by atoms with van der Waals surface area (Å²) in [7, 11) is 0. The summed E-state index contributed by atoms with van der Waals surface area (Å²) in [6.45, 7) is 0. The highest BCUT2D eigenvalue weighted by Crippen LogP contribution is 2.25. The van der Waals surface area contributed by atoms with Gasteiger partial charge in [0.25, 0.3) is 0 Å². The molecule has 0 atom stereocenters. The van der Waals surface area contributed by atoms with Gasteiger partial charge in [0, 0.05) is 12.0 Å². The highest BCUT2D eigenvalue weighted by Gasteiger charge is 2.11. The second-order valence-electron chi connectivity index (χ2n) is 4.48. The fourth-order valence-corrected chi connectivity index (χ4v) is 2.15. The minimum Gasteiger partial charge on any atom is -0.443 e. The van der Waals surface area contributed by atoms with Gasteiger partial charge in [0.15, 0.2) is 12.2 Å². The molecular formula is C17H12N2O. The van der Waals surface area contributed by atoms with Gasteiger partial charge in [-0.05, 0) is 17.7 Å². The van der Waals surface area contributed by atoms with Gasteiger partial charge in [-0.2, -0.15) is 5.26 Å². The van der Waals surface area contributed by atoms with Gasteiger partial charge in [-0.15, -0.1) is 0 Å². The Labute approximate surface area is 117 Å². The van der Waals surface area contributed by atoms with Crippen LogP contribution in [0, 0.1) is 11.3 Å². The van der Waals surface area contributed by atoms with E-state index >= 15 is 0 Å². The summed E-state index contributed by atoms with van der Waals surface area (Å²) in [6.07, 6.45) is 2.16. The third-order valence-electron chi connectivity index (χ3n) is 3.11. The molecule has 0 aliphatic heterocycles. The molecule has 3 heteroatoms. The first-order valence-electron chi connectivity index (χ1n) is 6.33. The fraction of sp³-hybridized carbons (Fsp3) is 0.0588. The third-order valence-corrected chi connectivity index (χ3v) is 3.11. The van der Waals surface area contributed by atoms with Crippen LogP contribution in [0.5, 0.6) is 0 Å². The number of aromatic nitrogens is 1. The van der Waals surface area contributed by atoms with Crippen molar-refractivity contribution in [3.63, 3.8) is 0 Å². The summed E-state index contributed by atoms with van der Waals surface area (Å²) in [5, 5.41) is 8.97. The predicted octanol–water partition coefficient (Wildman–Crippen LogP) is 3.80. The van der Waals surface area contributed by atoms with Crippen LogP contribution in [-0.4, -0.2) is 4.98 Å². The van der Waals surface area contributed by atoms with E-state index in [9.17, 15) is 0 Å². The van der Waals surface area contributed by atoms with E-state index < -0.39 is 0 Å². The zero-order valence-electron chi connectivity index (χ0n) is 10.8. The monoisotopic (exact) mass is 260 g/mol. The smallest absolute Gasteiger partial charge is 0.181 e. The average molecular weight is 260 g/mol. The molecule has 0 saturated heterocycles. The molecule has 0 saturated carbocycles. The molecule has 3 aromatic rings. The van der Waals surface area contributed by atoms with Crippen LogP contribution in [-0.2, 0) is 6.42 Å².